The van der Waals surface area contributed by atoms with Crippen molar-refractivity contribution in [3.05, 3.63) is 60.6 Å². The highest BCUT2D eigenvalue weighted by molar-refractivity contribution is 7.46. The summed E-state index contributed by atoms with van der Waals surface area (Å²) in [6.07, 6.45) is 2.53. The van der Waals surface area contributed by atoms with E-state index in [9.17, 15) is 4.57 Å². The number of ether oxygens (including phenoxy) is 2. The van der Waals surface area contributed by atoms with Gasteiger partial charge in [0.15, 0.2) is 0 Å². The Morgan fingerprint density at radius 1 is 1.13 bits per heavy atom. The van der Waals surface area contributed by atoms with Crippen molar-refractivity contribution in [3.63, 3.8) is 0 Å². The van der Waals surface area contributed by atoms with Crippen molar-refractivity contribution in [1.29, 1.82) is 0 Å². The molecular weight excluding hydrogens is 421 g/mol. The van der Waals surface area contributed by atoms with Gasteiger partial charge in [0.2, 0.25) is 0 Å². The van der Waals surface area contributed by atoms with Gasteiger partial charge >= 0.3 is 7.82 Å². The van der Waals surface area contributed by atoms with Crippen molar-refractivity contribution in [2.75, 3.05) is 13.2 Å². The van der Waals surface area contributed by atoms with Gasteiger partial charge in [-0.15, -0.1) is 0 Å². The monoisotopic (exact) mass is 447 g/mol. The Bertz CT molecular complexity index is 1050. The lowest BCUT2D eigenvalue weighted by molar-refractivity contribution is 0.155. The second-order valence-corrected chi connectivity index (χ2v) is 8.52. The van der Waals surface area contributed by atoms with Crippen molar-refractivity contribution >= 4 is 7.82 Å². The van der Waals surface area contributed by atoms with E-state index in [0.717, 1.165) is 17.7 Å². The molecule has 1 heterocycles. The summed E-state index contributed by atoms with van der Waals surface area (Å²) in [5.74, 6) is 2.44. The summed E-state index contributed by atoms with van der Waals surface area (Å²) in [4.78, 5) is 25.1. The van der Waals surface area contributed by atoms with E-state index in [0.29, 0.717) is 29.6 Å². The maximum Gasteiger partial charge on any atom is 0.469 e. The molecule has 9 nitrogen and oxygen atoms in total. The average Bonchev–Trinajstić information content (AvgIpc) is 3.23. The molecule has 5 N–H and O–H groups in total. The second-order valence-electron chi connectivity index (χ2n) is 7.28. The highest BCUT2D eigenvalue weighted by Gasteiger charge is 2.29. The summed E-state index contributed by atoms with van der Waals surface area (Å²) < 4.78 is 27.0. The molecule has 0 saturated carbocycles. The number of rotatable bonds is 10. The molecule has 0 fully saturated rings. The van der Waals surface area contributed by atoms with Crippen LogP contribution in [-0.2, 0) is 14.6 Å². The molecule has 0 spiro atoms. The summed E-state index contributed by atoms with van der Waals surface area (Å²) in [5.41, 5.74) is 6.44. The lowest BCUT2D eigenvalue weighted by atomic mass is 10.1. The number of benzene rings is 2. The van der Waals surface area contributed by atoms with Gasteiger partial charge in [0.1, 0.15) is 23.1 Å². The maximum absolute atomic E-state index is 10.9. The van der Waals surface area contributed by atoms with Crippen LogP contribution >= 0.6 is 7.82 Å². The fourth-order valence-corrected chi connectivity index (χ4v) is 3.17. The number of aromatic nitrogens is 2. The first-order valence-corrected chi connectivity index (χ1v) is 11.2. The van der Waals surface area contributed by atoms with Crippen molar-refractivity contribution in [1.82, 2.24) is 9.97 Å². The van der Waals surface area contributed by atoms with Crippen LogP contribution in [0.25, 0.3) is 11.3 Å². The number of hydrogen-bond acceptors (Lipinski definition) is 6. The lowest BCUT2D eigenvalue weighted by Crippen LogP contribution is -2.39. The number of phosphoric acid groups is 1. The minimum atomic E-state index is -4.62. The smallest absolute Gasteiger partial charge is 0.469 e. The highest BCUT2D eigenvalue weighted by atomic mass is 31.2. The number of H-pyrrole nitrogens is 1. The maximum atomic E-state index is 10.9. The zero-order valence-corrected chi connectivity index (χ0v) is 18.2. The zero-order valence-electron chi connectivity index (χ0n) is 17.3. The molecule has 2 aromatic carbocycles. The molecule has 0 radical (unpaired) electrons. The van der Waals surface area contributed by atoms with Crippen LogP contribution in [-0.4, -0.2) is 33.0 Å². The van der Waals surface area contributed by atoms with E-state index in [1.165, 1.54) is 0 Å². The van der Waals surface area contributed by atoms with E-state index in [1.807, 2.05) is 48.5 Å². The third-order valence-electron chi connectivity index (χ3n) is 4.33. The Hall–Kier alpha value is -2.68. The number of hydrogen-bond donors (Lipinski definition) is 4. The van der Waals surface area contributed by atoms with Gasteiger partial charge in [-0.05, 0) is 55.3 Å². The first-order valence-electron chi connectivity index (χ1n) is 9.72. The molecule has 0 aliphatic heterocycles. The highest BCUT2D eigenvalue weighted by Crippen LogP contribution is 2.37. The van der Waals surface area contributed by atoms with Gasteiger partial charge in [-0.2, -0.15) is 0 Å². The molecule has 3 aromatic rings. The molecule has 10 heteroatoms. The fraction of sp³-hybridized carbons (Fsp3) is 0.286. The SMILES string of the molecule is CCCOc1cccc(Oc2ccc(-c3cnc([C@@](C)(N)COP(=O)(O)O)[nH]3)cc2)c1. The van der Waals surface area contributed by atoms with E-state index in [4.69, 9.17) is 25.0 Å². The van der Waals surface area contributed by atoms with Gasteiger partial charge in [0, 0.05) is 6.07 Å². The van der Waals surface area contributed by atoms with Crippen LogP contribution in [0.4, 0.5) is 0 Å². The third kappa shape index (κ3) is 6.65. The predicted octanol–water partition coefficient (Wildman–Crippen LogP) is 3.94. The minimum Gasteiger partial charge on any atom is -0.493 e. The number of imidazole rings is 1. The standard InChI is InChI=1S/C21H26N3O6P/c1-3-11-28-17-5-4-6-18(12-17)30-16-9-7-15(8-10-16)19-13-23-20(24-19)21(2,22)14-29-31(25,26)27/h4-10,12-13H,3,11,14,22H2,1-2H3,(H,23,24)(H2,25,26,27)/t21-/m0/s1. The molecule has 0 amide bonds. The van der Waals surface area contributed by atoms with Crippen molar-refractivity contribution in [3.8, 4) is 28.5 Å². The molecule has 1 atom stereocenters. The van der Waals surface area contributed by atoms with Crippen molar-refractivity contribution in [2.24, 2.45) is 5.73 Å². The van der Waals surface area contributed by atoms with E-state index < -0.39 is 20.0 Å². The van der Waals surface area contributed by atoms with Crippen LogP contribution in [0.1, 0.15) is 26.1 Å². The minimum absolute atomic E-state index is 0.347. The quantitative estimate of drug-likeness (QED) is 0.343. The van der Waals surface area contributed by atoms with Crippen LogP contribution in [0.15, 0.2) is 54.7 Å². The third-order valence-corrected chi connectivity index (χ3v) is 4.79. The van der Waals surface area contributed by atoms with Gasteiger partial charge in [-0.3, -0.25) is 4.52 Å². The summed E-state index contributed by atoms with van der Waals surface area (Å²) in [5, 5.41) is 0. The van der Waals surface area contributed by atoms with Crippen molar-refractivity contribution < 1.29 is 28.3 Å². The first kappa shape index (κ1) is 23.0. The van der Waals surface area contributed by atoms with E-state index in [1.54, 1.807) is 13.1 Å². The number of nitrogens with one attached hydrogen (secondary N) is 1. The fourth-order valence-electron chi connectivity index (χ4n) is 2.73. The van der Waals surface area contributed by atoms with Gasteiger partial charge in [0.05, 0.1) is 30.6 Å². The molecule has 0 aliphatic carbocycles. The second kappa shape index (κ2) is 9.64. The largest absolute Gasteiger partial charge is 0.493 e. The molecule has 0 saturated heterocycles. The van der Waals surface area contributed by atoms with Crippen LogP contribution in [0.5, 0.6) is 17.2 Å². The zero-order chi connectivity index (χ0) is 22.5. The number of nitrogens with two attached hydrogens (primary N) is 1. The Kier molecular flexibility index (Phi) is 7.15. The summed E-state index contributed by atoms with van der Waals surface area (Å²) in [6, 6.07) is 14.8. The lowest BCUT2D eigenvalue weighted by Gasteiger charge is -2.22. The summed E-state index contributed by atoms with van der Waals surface area (Å²) >= 11 is 0. The Morgan fingerprint density at radius 3 is 2.52 bits per heavy atom. The van der Waals surface area contributed by atoms with Gasteiger partial charge in [0.25, 0.3) is 0 Å². The number of aromatic amines is 1. The van der Waals surface area contributed by atoms with Crippen LogP contribution < -0.4 is 15.2 Å². The normalized spacial score (nSPS) is 13.6. The molecule has 1 aromatic heterocycles. The number of nitrogens with zero attached hydrogens (tertiary/aromatic N) is 1. The number of phosphoric ester groups is 1. The Balaban J connectivity index is 1.68. The summed E-state index contributed by atoms with van der Waals surface area (Å²) in [7, 11) is -4.62. The Labute approximate surface area is 180 Å². The van der Waals surface area contributed by atoms with E-state index in [2.05, 4.69) is 21.4 Å². The molecule has 3 rings (SSSR count). The van der Waals surface area contributed by atoms with Crippen LogP contribution in [0.3, 0.4) is 0 Å². The van der Waals surface area contributed by atoms with E-state index >= 15 is 0 Å². The molecular formula is C21H26N3O6P. The predicted molar refractivity (Wildman–Crippen MR) is 116 cm³/mol. The van der Waals surface area contributed by atoms with Crippen molar-refractivity contribution in [2.45, 2.75) is 25.8 Å². The van der Waals surface area contributed by atoms with E-state index in [-0.39, 0.29) is 0 Å². The average molecular weight is 447 g/mol. The van der Waals surface area contributed by atoms with Crippen LogP contribution in [0.2, 0.25) is 0 Å². The molecule has 0 bridgehead atoms. The molecule has 31 heavy (non-hydrogen) atoms. The molecule has 0 unspecified atom stereocenters. The van der Waals surface area contributed by atoms with Gasteiger partial charge in [-0.1, -0.05) is 13.0 Å². The Morgan fingerprint density at radius 2 is 1.84 bits per heavy atom. The van der Waals surface area contributed by atoms with Gasteiger partial charge < -0.3 is 30.0 Å². The summed E-state index contributed by atoms with van der Waals surface area (Å²) in [6.45, 7) is 3.88. The topological polar surface area (TPSA) is 140 Å². The molecule has 166 valence electrons. The van der Waals surface area contributed by atoms with Gasteiger partial charge in [-0.25, -0.2) is 9.55 Å². The molecule has 0 aliphatic rings. The first-order chi connectivity index (χ1) is 14.7. The van der Waals surface area contributed by atoms with Crippen LogP contribution in [0, 0.1) is 0 Å².